The third-order valence-electron chi connectivity index (χ3n) is 4.38. The fourth-order valence-electron chi connectivity index (χ4n) is 2.97. The molecule has 6 heteroatoms. The van der Waals surface area contributed by atoms with Crippen LogP contribution in [-0.2, 0) is 0 Å². The summed E-state index contributed by atoms with van der Waals surface area (Å²) >= 11 is 0. The van der Waals surface area contributed by atoms with Gasteiger partial charge in [0, 0.05) is 32.4 Å². The normalized spacial score (nSPS) is 19.1. The second-order valence-corrected chi connectivity index (χ2v) is 6.20. The molecule has 1 aromatic heterocycles. The van der Waals surface area contributed by atoms with Crippen molar-refractivity contribution in [3.05, 3.63) is 24.5 Å². The summed E-state index contributed by atoms with van der Waals surface area (Å²) in [5.74, 6) is 1.62. The van der Waals surface area contributed by atoms with Crippen LogP contribution in [0.25, 0.3) is 0 Å². The Labute approximate surface area is 145 Å². The monoisotopic (exact) mass is 333 g/mol. The van der Waals surface area contributed by atoms with Crippen molar-refractivity contribution in [1.82, 2.24) is 20.5 Å². The SMILES string of the molecule is CN=C(NCCCN1CCCCC1C)NCCOc1cccnc1. The van der Waals surface area contributed by atoms with E-state index < -0.39 is 0 Å². The number of aromatic nitrogens is 1. The van der Waals surface area contributed by atoms with Crippen LogP contribution in [0.1, 0.15) is 32.6 Å². The van der Waals surface area contributed by atoms with Gasteiger partial charge in [0.1, 0.15) is 12.4 Å². The van der Waals surface area contributed by atoms with Crippen molar-refractivity contribution in [3.8, 4) is 5.75 Å². The number of hydrogen-bond donors (Lipinski definition) is 2. The number of pyridine rings is 1. The summed E-state index contributed by atoms with van der Waals surface area (Å²) in [5.41, 5.74) is 0. The lowest BCUT2D eigenvalue weighted by Crippen LogP contribution is -2.42. The number of nitrogens with zero attached hydrogens (tertiary/aromatic N) is 3. The molecule has 2 heterocycles. The van der Waals surface area contributed by atoms with Gasteiger partial charge in [-0.1, -0.05) is 6.42 Å². The Morgan fingerprint density at radius 2 is 2.25 bits per heavy atom. The first-order chi connectivity index (χ1) is 11.8. The molecule has 0 radical (unpaired) electrons. The highest BCUT2D eigenvalue weighted by molar-refractivity contribution is 5.79. The average Bonchev–Trinajstić information content (AvgIpc) is 2.62. The molecule has 2 rings (SSSR count). The van der Waals surface area contributed by atoms with Crippen molar-refractivity contribution < 1.29 is 4.74 Å². The minimum atomic E-state index is 0.581. The Morgan fingerprint density at radius 3 is 3.00 bits per heavy atom. The zero-order chi connectivity index (χ0) is 17.0. The third-order valence-corrected chi connectivity index (χ3v) is 4.38. The number of ether oxygens (including phenoxy) is 1. The number of hydrogen-bond acceptors (Lipinski definition) is 4. The predicted octanol–water partition coefficient (Wildman–Crippen LogP) is 1.89. The zero-order valence-electron chi connectivity index (χ0n) is 15.0. The summed E-state index contributed by atoms with van der Waals surface area (Å²) in [6.45, 7) is 6.98. The van der Waals surface area contributed by atoms with Gasteiger partial charge in [-0.3, -0.25) is 9.98 Å². The first kappa shape index (κ1) is 18.5. The van der Waals surface area contributed by atoms with E-state index in [4.69, 9.17) is 4.74 Å². The standard InChI is InChI=1S/C18H31N5O/c1-16-7-3-4-12-23(16)13-6-10-21-18(19-2)22-11-14-24-17-8-5-9-20-15-17/h5,8-9,15-16H,3-4,6-7,10-14H2,1-2H3,(H2,19,21,22). The van der Waals surface area contributed by atoms with Crippen LogP contribution < -0.4 is 15.4 Å². The number of guanidine groups is 1. The third kappa shape index (κ3) is 6.74. The molecule has 1 aliphatic heterocycles. The highest BCUT2D eigenvalue weighted by atomic mass is 16.5. The summed E-state index contributed by atoms with van der Waals surface area (Å²) in [7, 11) is 1.80. The second kappa shape index (κ2) is 10.9. The van der Waals surface area contributed by atoms with Gasteiger partial charge in [-0.15, -0.1) is 0 Å². The van der Waals surface area contributed by atoms with Crippen LogP contribution in [0.15, 0.2) is 29.5 Å². The molecule has 1 aliphatic rings. The van der Waals surface area contributed by atoms with E-state index in [-0.39, 0.29) is 0 Å². The number of aliphatic imine (C=N–C) groups is 1. The summed E-state index contributed by atoms with van der Waals surface area (Å²) in [4.78, 5) is 10.9. The van der Waals surface area contributed by atoms with Crippen LogP contribution >= 0.6 is 0 Å². The predicted molar refractivity (Wildman–Crippen MR) is 98.6 cm³/mol. The molecular weight excluding hydrogens is 302 g/mol. The highest BCUT2D eigenvalue weighted by Gasteiger charge is 2.16. The summed E-state index contributed by atoms with van der Waals surface area (Å²) < 4.78 is 5.60. The van der Waals surface area contributed by atoms with Crippen LogP contribution in [0.4, 0.5) is 0 Å². The van der Waals surface area contributed by atoms with Crippen LogP contribution in [0.5, 0.6) is 5.75 Å². The topological polar surface area (TPSA) is 61.8 Å². The van der Waals surface area contributed by atoms with Gasteiger partial charge < -0.3 is 20.3 Å². The van der Waals surface area contributed by atoms with E-state index in [1.54, 1.807) is 19.4 Å². The van der Waals surface area contributed by atoms with E-state index in [0.29, 0.717) is 13.2 Å². The largest absolute Gasteiger partial charge is 0.490 e. The van der Waals surface area contributed by atoms with Crippen molar-refractivity contribution >= 4 is 5.96 Å². The Kier molecular flexibility index (Phi) is 8.38. The molecule has 24 heavy (non-hydrogen) atoms. The molecule has 1 unspecified atom stereocenters. The number of likely N-dealkylation sites (tertiary alicyclic amines) is 1. The van der Waals surface area contributed by atoms with Crippen molar-refractivity contribution in [2.75, 3.05) is 39.8 Å². The Bertz CT molecular complexity index is 480. The van der Waals surface area contributed by atoms with E-state index in [0.717, 1.165) is 37.3 Å². The molecular formula is C18H31N5O. The molecule has 1 atom stereocenters. The maximum atomic E-state index is 5.60. The van der Waals surface area contributed by atoms with Gasteiger partial charge in [0.2, 0.25) is 0 Å². The van der Waals surface area contributed by atoms with Crippen LogP contribution in [0.3, 0.4) is 0 Å². The van der Waals surface area contributed by atoms with Crippen molar-refractivity contribution in [1.29, 1.82) is 0 Å². The minimum Gasteiger partial charge on any atom is -0.490 e. The van der Waals surface area contributed by atoms with Crippen LogP contribution in [0.2, 0.25) is 0 Å². The lowest BCUT2D eigenvalue weighted by atomic mass is 10.0. The Hall–Kier alpha value is -1.82. The van der Waals surface area contributed by atoms with Crippen molar-refractivity contribution in [2.45, 2.75) is 38.6 Å². The van der Waals surface area contributed by atoms with Crippen molar-refractivity contribution in [2.24, 2.45) is 4.99 Å². The summed E-state index contributed by atoms with van der Waals surface area (Å²) in [5, 5.41) is 6.63. The summed E-state index contributed by atoms with van der Waals surface area (Å²) in [6, 6.07) is 4.51. The van der Waals surface area contributed by atoms with Gasteiger partial charge in [0.05, 0.1) is 12.7 Å². The molecule has 1 saturated heterocycles. The zero-order valence-corrected chi connectivity index (χ0v) is 15.0. The smallest absolute Gasteiger partial charge is 0.191 e. The second-order valence-electron chi connectivity index (χ2n) is 6.20. The molecule has 0 saturated carbocycles. The van der Waals surface area contributed by atoms with E-state index in [2.05, 4.69) is 32.4 Å². The van der Waals surface area contributed by atoms with E-state index in [9.17, 15) is 0 Å². The molecule has 1 fully saturated rings. The Balaban J connectivity index is 1.54. The van der Waals surface area contributed by atoms with E-state index >= 15 is 0 Å². The lowest BCUT2D eigenvalue weighted by molar-refractivity contribution is 0.159. The first-order valence-corrected chi connectivity index (χ1v) is 9.01. The quantitative estimate of drug-likeness (QED) is 0.432. The van der Waals surface area contributed by atoms with E-state index in [1.165, 1.54) is 25.8 Å². The van der Waals surface area contributed by atoms with Crippen molar-refractivity contribution in [3.63, 3.8) is 0 Å². The van der Waals surface area contributed by atoms with Gasteiger partial charge in [-0.2, -0.15) is 0 Å². The maximum absolute atomic E-state index is 5.60. The molecule has 0 aliphatic carbocycles. The molecule has 2 N–H and O–H groups in total. The fraction of sp³-hybridized carbons (Fsp3) is 0.667. The molecule has 134 valence electrons. The number of nitrogens with one attached hydrogen (secondary N) is 2. The number of piperidine rings is 1. The van der Waals surface area contributed by atoms with Gasteiger partial charge in [-0.25, -0.2) is 0 Å². The first-order valence-electron chi connectivity index (χ1n) is 9.01. The van der Waals surface area contributed by atoms with Crippen LogP contribution in [-0.4, -0.2) is 61.7 Å². The molecule has 0 amide bonds. The highest BCUT2D eigenvalue weighted by Crippen LogP contribution is 2.15. The van der Waals surface area contributed by atoms with E-state index in [1.807, 2.05) is 12.1 Å². The number of rotatable bonds is 8. The molecule has 0 bridgehead atoms. The van der Waals surface area contributed by atoms with Gasteiger partial charge >= 0.3 is 0 Å². The molecule has 0 spiro atoms. The van der Waals surface area contributed by atoms with Gasteiger partial charge in [0.15, 0.2) is 5.96 Å². The van der Waals surface area contributed by atoms with Gasteiger partial charge in [0.25, 0.3) is 0 Å². The maximum Gasteiger partial charge on any atom is 0.191 e. The molecule has 6 nitrogen and oxygen atoms in total. The lowest BCUT2D eigenvalue weighted by Gasteiger charge is -2.33. The van der Waals surface area contributed by atoms with Gasteiger partial charge in [-0.05, 0) is 44.9 Å². The molecule has 1 aromatic rings. The molecule has 0 aromatic carbocycles. The van der Waals surface area contributed by atoms with Crippen LogP contribution in [0, 0.1) is 0 Å². The Morgan fingerprint density at radius 1 is 1.38 bits per heavy atom. The average molecular weight is 333 g/mol. The minimum absolute atomic E-state index is 0.581. The summed E-state index contributed by atoms with van der Waals surface area (Å²) in [6.07, 6.45) is 8.66. The fourth-order valence-corrected chi connectivity index (χ4v) is 2.97.